The number of aliphatic imine (C=N–C) groups is 2. The van der Waals surface area contributed by atoms with Crippen LogP contribution in [-0.2, 0) is 0 Å². The number of nitrogens with zero attached hydrogens (tertiary/aromatic N) is 2. The highest BCUT2D eigenvalue weighted by Gasteiger charge is 2.39. The summed E-state index contributed by atoms with van der Waals surface area (Å²) in [5.41, 5.74) is 3.80. The molecule has 3 aliphatic rings. The molecule has 1 aliphatic carbocycles. The summed E-state index contributed by atoms with van der Waals surface area (Å²) in [4.78, 5) is 9.31. The lowest BCUT2D eigenvalue weighted by Gasteiger charge is -2.28. The van der Waals surface area contributed by atoms with E-state index in [-0.39, 0.29) is 11.5 Å². The lowest BCUT2D eigenvalue weighted by Crippen LogP contribution is -2.25. The molecule has 0 aromatic rings. The van der Waals surface area contributed by atoms with Crippen molar-refractivity contribution in [3.8, 4) is 0 Å². The smallest absolute Gasteiger partial charge is 0.102 e. The molecule has 0 amide bonds. The Morgan fingerprint density at radius 1 is 1.25 bits per heavy atom. The van der Waals surface area contributed by atoms with E-state index in [9.17, 15) is 0 Å². The van der Waals surface area contributed by atoms with E-state index in [0.29, 0.717) is 5.92 Å². The van der Waals surface area contributed by atoms with Crippen molar-refractivity contribution in [2.75, 3.05) is 0 Å². The third-order valence-electron chi connectivity index (χ3n) is 3.94. The fraction of sp³-hybridized carbons (Fsp3) is 0.429. The second-order valence-corrected chi connectivity index (χ2v) is 5.19. The Labute approximate surface area is 96.2 Å². The van der Waals surface area contributed by atoms with Crippen LogP contribution < -0.4 is 0 Å². The molecule has 2 aliphatic heterocycles. The molecule has 0 radical (unpaired) electrons. The van der Waals surface area contributed by atoms with Gasteiger partial charge in [0.1, 0.15) is 6.04 Å². The highest BCUT2D eigenvalue weighted by Crippen LogP contribution is 2.44. The molecule has 3 rings (SSSR count). The standard InChI is InChI=1S/C14H16N2/c1-9-14(2,3)11-7-6-10-5-4-8-15-12(10)13(11)16-9/h4-8,10,12H,1-3H3. The van der Waals surface area contributed by atoms with Crippen LogP contribution in [-0.4, -0.2) is 18.0 Å². The van der Waals surface area contributed by atoms with Crippen molar-refractivity contribution in [3.63, 3.8) is 0 Å². The monoisotopic (exact) mass is 212 g/mol. The molecular weight excluding hydrogens is 196 g/mol. The minimum Gasteiger partial charge on any atom is -0.283 e. The molecule has 0 N–H and O–H groups in total. The molecule has 2 unspecified atom stereocenters. The predicted octanol–water partition coefficient (Wildman–Crippen LogP) is 2.94. The molecule has 0 bridgehead atoms. The van der Waals surface area contributed by atoms with Gasteiger partial charge in [0.15, 0.2) is 0 Å². The van der Waals surface area contributed by atoms with Crippen LogP contribution in [0.15, 0.2) is 45.6 Å². The molecule has 82 valence electrons. The summed E-state index contributed by atoms with van der Waals surface area (Å²) in [6, 6.07) is 0.210. The Morgan fingerprint density at radius 2 is 2.06 bits per heavy atom. The van der Waals surface area contributed by atoms with E-state index in [1.54, 1.807) is 0 Å². The Morgan fingerprint density at radius 3 is 2.88 bits per heavy atom. The summed E-state index contributed by atoms with van der Waals surface area (Å²) in [6.45, 7) is 6.59. The summed E-state index contributed by atoms with van der Waals surface area (Å²) in [7, 11) is 0. The maximum absolute atomic E-state index is 4.74. The van der Waals surface area contributed by atoms with Gasteiger partial charge in [-0.2, -0.15) is 0 Å². The third kappa shape index (κ3) is 1.13. The first-order chi connectivity index (χ1) is 7.60. The molecule has 16 heavy (non-hydrogen) atoms. The molecule has 2 heteroatoms. The van der Waals surface area contributed by atoms with Gasteiger partial charge in [-0.05, 0) is 18.6 Å². The zero-order chi connectivity index (χ0) is 11.3. The van der Waals surface area contributed by atoms with Crippen molar-refractivity contribution in [3.05, 3.63) is 35.6 Å². The van der Waals surface area contributed by atoms with Crippen LogP contribution in [0.2, 0.25) is 0 Å². The number of hydrogen-bond donors (Lipinski definition) is 0. The average Bonchev–Trinajstić information content (AvgIpc) is 2.51. The number of rotatable bonds is 0. The molecule has 2 atom stereocenters. The highest BCUT2D eigenvalue weighted by atomic mass is 14.9. The van der Waals surface area contributed by atoms with Crippen molar-refractivity contribution < 1.29 is 0 Å². The van der Waals surface area contributed by atoms with E-state index < -0.39 is 0 Å². The van der Waals surface area contributed by atoms with Crippen molar-refractivity contribution in [2.45, 2.75) is 26.8 Å². The Bertz CT molecular complexity index is 487. The van der Waals surface area contributed by atoms with Gasteiger partial charge in [-0.3, -0.25) is 9.98 Å². The fourth-order valence-electron chi connectivity index (χ4n) is 2.57. The van der Waals surface area contributed by atoms with E-state index >= 15 is 0 Å². The Hall–Kier alpha value is -1.44. The summed E-state index contributed by atoms with van der Waals surface area (Å²) in [6.07, 6.45) is 10.6. The normalized spacial score (nSPS) is 33.8. The maximum Gasteiger partial charge on any atom is 0.102 e. The second-order valence-electron chi connectivity index (χ2n) is 5.19. The van der Waals surface area contributed by atoms with E-state index in [2.05, 4.69) is 44.0 Å². The molecule has 0 saturated heterocycles. The summed E-state index contributed by atoms with van der Waals surface area (Å²) in [5.74, 6) is 0.397. The van der Waals surface area contributed by atoms with E-state index in [1.165, 1.54) is 17.0 Å². The molecular formula is C14H16N2. The van der Waals surface area contributed by atoms with Gasteiger partial charge in [-0.25, -0.2) is 0 Å². The van der Waals surface area contributed by atoms with E-state index in [4.69, 9.17) is 4.99 Å². The average molecular weight is 212 g/mol. The topological polar surface area (TPSA) is 24.7 Å². The van der Waals surface area contributed by atoms with Crippen molar-refractivity contribution >= 4 is 11.9 Å². The van der Waals surface area contributed by atoms with Gasteiger partial charge in [0.05, 0.1) is 5.70 Å². The quantitative estimate of drug-likeness (QED) is 0.590. The fourth-order valence-corrected chi connectivity index (χ4v) is 2.57. The molecule has 0 aromatic heterocycles. The molecule has 2 nitrogen and oxygen atoms in total. The minimum atomic E-state index is 0.0769. The lowest BCUT2D eigenvalue weighted by atomic mass is 9.76. The number of fused-ring (bicyclic) bond motifs is 2. The van der Waals surface area contributed by atoms with Crippen LogP contribution in [0, 0.1) is 11.3 Å². The first kappa shape index (κ1) is 9.76. The lowest BCUT2D eigenvalue weighted by molar-refractivity contribution is 0.600. The SMILES string of the molecule is CC1=NC2=C(C=CC3C=CC=NC23)C1(C)C. The van der Waals surface area contributed by atoms with E-state index in [1.807, 2.05) is 12.3 Å². The minimum absolute atomic E-state index is 0.0769. The van der Waals surface area contributed by atoms with Crippen LogP contribution in [0.5, 0.6) is 0 Å². The first-order valence-corrected chi connectivity index (χ1v) is 5.79. The van der Waals surface area contributed by atoms with Crippen molar-refractivity contribution in [2.24, 2.45) is 21.3 Å². The Kier molecular flexibility index (Phi) is 1.85. The van der Waals surface area contributed by atoms with Crippen LogP contribution in [0.4, 0.5) is 0 Å². The highest BCUT2D eigenvalue weighted by molar-refractivity contribution is 5.95. The van der Waals surface area contributed by atoms with E-state index in [0.717, 1.165) is 0 Å². The molecule has 2 heterocycles. The van der Waals surface area contributed by atoms with Crippen LogP contribution in [0.25, 0.3) is 0 Å². The van der Waals surface area contributed by atoms with Crippen molar-refractivity contribution in [1.82, 2.24) is 0 Å². The van der Waals surface area contributed by atoms with Gasteiger partial charge in [0.2, 0.25) is 0 Å². The Balaban J connectivity index is 2.11. The maximum atomic E-state index is 4.74. The summed E-state index contributed by atoms with van der Waals surface area (Å²) >= 11 is 0. The zero-order valence-corrected chi connectivity index (χ0v) is 9.94. The number of dihydropyridines is 1. The summed E-state index contributed by atoms with van der Waals surface area (Å²) in [5, 5.41) is 0. The van der Waals surface area contributed by atoms with Crippen molar-refractivity contribution in [1.29, 1.82) is 0 Å². The summed E-state index contributed by atoms with van der Waals surface area (Å²) < 4.78 is 0. The first-order valence-electron chi connectivity index (χ1n) is 5.79. The zero-order valence-electron chi connectivity index (χ0n) is 9.94. The third-order valence-corrected chi connectivity index (χ3v) is 3.94. The van der Waals surface area contributed by atoms with Crippen LogP contribution in [0.1, 0.15) is 20.8 Å². The van der Waals surface area contributed by atoms with Gasteiger partial charge in [0.25, 0.3) is 0 Å². The van der Waals surface area contributed by atoms with Gasteiger partial charge in [-0.1, -0.05) is 32.1 Å². The van der Waals surface area contributed by atoms with Gasteiger partial charge < -0.3 is 0 Å². The second kappa shape index (κ2) is 3.03. The number of allylic oxidation sites excluding steroid dienone is 3. The molecule has 0 spiro atoms. The number of hydrogen-bond acceptors (Lipinski definition) is 2. The van der Waals surface area contributed by atoms with Gasteiger partial charge in [-0.15, -0.1) is 0 Å². The van der Waals surface area contributed by atoms with Crippen LogP contribution in [0.3, 0.4) is 0 Å². The largest absolute Gasteiger partial charge is 0.283 e. The molecule has 0 fully saturated rings. The molecule has 0 aromatic carbocycles. The van der Waals surface area contributed by atoms with Gasteiger partial charge in [0, 0.05) is 23.3 Å². The van der Waals surface area contributed by atoms with Crippen LogP contribution >= 0.6 is 0 Å². The molecule has 0 saturated carbocycles. The van der Waals surface area contributed by atoms with Gasteiger partial charge >= 0.3 is 0 Å². The predicted molar refractivity (Wildman–Crippen MR) is 68.0 cm³/mol.